The van der Waals surface area contributed by atoms with Crippen LogP contribution in [0.4, 0.5) is 5.82 Å². The number of pyridine rings is 1. The smallest absolute Gasteiger partial charge is 0.267 e. The van der Waals surface area contributed by atoms with E-state index in [9.17, 15) is 14.7 Å². The molecule has 2 N–H and O–H groups in total. The molecule has 5 nitrogen and oxygen atoms in total. The van der Waals surface area contributed by atoms with E-state index in [1.165, 1.54) is 11.3 Å². The van der Waals surface area contributed by atoms with E-state index in [0.29, 0.717) is 27.3 Å². The third-order valence-corrected chi connectivity index (χ3v) is 6.92. The molecule has 4 aromatic rings. The summed E-state index contributed by atoms with van der Waals surface area (Å²) in [5.41, 5.74) is 1.78. The average Bonchev–Trinajstić information content (AvgIpc) is 3.08. The molecule has 2 aromatic carbocycles. The minimum absolute atomic E-state index is 0.0647. The Morgan fingerprint density at radius 3 is 2.44 bits per heavy atom. The molecule has 32 heavy (non-hydrogen) atoms. The zero-order valence-electron chi connectivity index (χ0n) is 18.8. The van der Waals surface area contributed by atoms with Gasteiger partial charge in [0.15, 0.2) is 5.78 Å². The number of hydrogen-bond donors (Lipinski definition) is 2. The predicted molar refractivity (Wildman–Crippen MR) is 131 cm³/mol. The Bertz CT molecular complexity index is 1360. The van der Waals surface area contributed by atoms with Crippen molar-refractivity contribution in [2.45, 2.75) is 40.2 Å². The highest BCUT2D eigenvalue weighted by atomic mass is 32.1. The highest BCUT2D eigenvalue weighted by molar-refractivity contribution is 7.21. The maximum atomic E-state index is 13.2. The largest absolute Gasteiger partial charge is 0.386 e. The lowest BCUT2D eigenvalue weighted by Crippen LogP contribution is -2.18. The van der Waals surface area contributed by atoms with Crippen molar-refractivity contribution in [2.24, 2.45) is 5.92 Å². The number of nitrogens with one attached hydrogen (secondary N) is 1. The van der Waals surface area contributed by atoms with E-state index in [-0.39, 0.29) is 17.6 Å². The molecule has 0 aliphatic heterocycles. The fraction of sp³-hybridized carbons (Fsp3) is 0.269. The Morgan fingerprint density at radius 1 is 1.06 bits per heavy atom. The first-order valence-electron chi connectivity index (χ1n) is 10.6. The van der Waals surface area contributed by atoms with Crippen molar-refractivity contribution in [3.8, 4) is 0 Å². The maximum absolute atomic E-state index is 13.2. The molecule has 0 atom stereocenters. The summed E-state index contributed by atoms with van der Waals surface area (Å²) in [5.74, 6) is 0.0365. The fourth-order valence-corrected chi connectivity index (χ4v) is 5.10. The van der Waals surface area contributed by atoms with Gasteiger partial charge < -0.3 is 10.4 Å². The van der Waals surface area contributed by atoms with Gasteiger partial charge in [0.05, 0.1) is 16.0 Å². The van der Waals surface area contributed by atoms with E-state index < -0.39 is 5.60 Å². The first-order valence-corrected chi connectivity index (χ1v) is 11.4. The van der Waals surface area contributed by atoms with Crippen molar-refractivity contribution in [1.82, 2.24) is 4.98 Å². The quantitative estimate of drug-likeness (QED) is 0.364. The molecule has 2 aromatic heterocycles. The lowest BCUT2D eigenvalue weighted by molar-refractivity contribution is 0.0801. The molecule has 0 spiro atoms. The zero-order valence-corrected chi connectivity index (χ0v) is 19.6. The number of aryl methyl sites for hydroxylation is 1. The summed E-state index contributed by atoms with van der Waals surface area (Å²) in [5, 5.41) is 15.3. The van der Waals surface area contributed by atoms with Gasteiger partial charge in [-0.1, -0.05) is 44.2 Å². The summed E-state index contributed by atoms with van der Waals surface area (Å²) in [6.45, 7) is 9.07. The molecular weight excluding hydrogens is 420 g/mol. The SMILES string of the molecule is Cc1c(C(=O)Nc2cc(C(C)(C)O)c3ccccc3n2)sc2c(C(=O)C(C)C)cccc12. The van der Waals surface area contributed by atoms with Crippen LogP contribution in [0.3, 0.4) is 0 Å². The van der Waals surface area contributed by atoms with Crippen LogP contribution < -0.4 is 5.32 Å². The van der Waals surface area contributed by atoms with E-state index >= 15 is 0 Å². The second kappa shape index (κ2) is 8.11. The number of thiophene rings is 1. The molecular formula is C26H26N2O3S. The van der Waals surface area contributed by atoms with Crippen LogP contribution in [0.1, 0.15) is 58.9 Å². The number of para-hydroxylation sites is 1. The van der Waals surface area contributed by atoms with Crippen molar-refractivity contribution in [3.63, 3.8) is 0 Å². The zero-order chi connectivity index (χ0) is 23.2. The summed E-state index contributed by atoms with van der Waals surface area (Å²) in [7, 11) is 0. The van der Waals surface area contributed by atoms with Crippen molar-refractivity contribution in [2.75, 3.05) is 5.32 Å². The summed E-state index contributed by atoms with van der Waals surface area (Å²) >= 11 is 1.33. The van der Waals surface area contributed by atoms with Crippen LogP contribution in [0.5, 0.6) is 0 Å². The summed E-state index contributed by atoms with van der Waals surface area (Å²) in [6, 6.07) is 14.9. The Morgan fingerprint density at radius 2 is 1.75 bits per heavy atom. The van der Waals surface area contributed by atoms with Gasteiger partial charge in [0.1, 0.15) is 5.82 Å². The third kappa shape index (κ3) is 3.92. The van der Waals surface area contributed by atoms with Crippen LogP contribution in [0.15, 0.2) is 48.5 Å². The van der Waals surface area contributed by atoms with Crippen LogP contribution in [0, 0.1) is 12.8 Å². The number of benzene rings is 2. The average molecular weight is 447 g/mol. The number of amides is 1. The van der Waals surface area contributed by atoms with Gasteiger partial charge in [0, 0.05) is 21.6 Å². The van der Waals surface area contributed by atoms with E-state index in [0.717, 1.165) is 21.0 Å². The third-order valence-electron chi connectivity index (χ3n) is 5.58. The van der Waals surface area contributed by atoms with Crippen molar-refractivity contribution in [1.29, 1.82) is 0 Å². The van der Waals surface area contributed by atoms with Crippen LogP contribution >= 0.6 is 11.3 Å². The summed E-state index contributed by atoms with van der Waals surface area (Å²) in [6.07, 6.45) is 0. The van der Waals surface area contributed by atoms with Crippen molar-refractivity contribution >= 4 is 49.8 Å². The number of Topliss-reactive ketones (excluding diaryl/α,β-unsaturated/α-hetero) is 1. The monoisotopic (exact) mass is 446 g/mol. The molecule has 0 aliphatic carbocycles. The Hall–Kier alpha value is -3.09. The number of rotatable bonds is 5. The molecule has 1 amide bonds. The van der Waals surface area contributed by atoms with Gasteiger partial charge in [-0.05, 0) is 55.5 Å². The fourth-order valence-electron chi connectivity index (χ4n) is 3.88. The Kier molecular flexibility index (Phi) is 5.61. The van der Waals surface area contributed by atoms with E-state index in [2.05, 4.69) is 10.3 Å². The molecule has 0 unspecified atom stereocenters. The van der Waals surface area contributed by atoms with Gasteiger partial charge in [0.25, 0.3) is 5.91 Å². The van der Waals surface area contributed by atoms with Gasteiger partial charge in [-0.3, -0.25) is 9.59 Å². The van der Waals surface area contributed by atoms with E-state index in [1.807, 2.05) is 63.2 Å². The standard InChI is InChI=1S/C26H26N2O3S/c1-14(2)22(29)18-11-8-10-16-15(3)23(32-24(16)18)25(30)28-21-13-19(26(4,5)31)17-9-6-7-12-20(17)27-21/h6-14,31H,1-5H3,(H,27,28,30). The number of carbonyl (C=O) groups is 2. The molecule has 0 aliphatic rings. The molecule has 0 radical (unpaired) electrons. The number of fused-ring (bicyclic) bond motifs is 2. The van der Waals surface area contributed by atoms with Gasteiger partial charge in [-0.2, -0.15) is 0 Å². The van der Waals surface area contributed by atoms with Crippen LogP contribution in [0.2, 0.25) is 0 Å². The number of aliphatic hydroxyl groups is 1. The minimum Gasteiger partial charge on any atom is -0.386 e. The van der Waals surface area contributed by atoms with Crippen LogP contribution in [0.25, 0.3) is 21.0 Å². The number of ketones is 1. The minimum atomic E-state index is -1.10. The second-order valence-corrected chi connectivity index (χ2v) is 9.86. The van der Waals surface area contributed by atoms with E-state index in [1.54, 1.807) is 19.9 Å². The lowest BCUT2D eigenvalue weighted by Gasteiger charge is -2.21. The van der Waals surface area contributed by atoms with E-state index in [4.69, 9.17) is 0 Å². The molecule has 0 saturated carbocycles. The highest BCUT2D eigenvalue weighted by Gasteiger charge is 2.23. The maximum Gasteiger partial charge on any atom is 0.267 e. The first kappa shape index (κ1) is 22.1. The Balaban J connectivity index is 1.77. The molecule has 6 heteroatoms. The summed E-state index contributed by atoms with van der Waals surface area (Å²) < 4.78 is 0.831. The number of nitrogens with zero attached hydrogens (tertiary/aromatic N) is 1. The van der Waals surface area contributed by atoms with Gasteiger partial charge in [-0.15, -0.1) is 11.3 Å². The molecule has 0 bridgehead atoms. The number of hydrogen-bond acceptors (Lipinski definition) is 5. The van der Waals surface area contributed by atoms with Crippen LogP contribution in [-0.4, -0.2) is 21.8 Å². The molecule has 4 rings (SSSR count). The molecule has 2 heterocycles. The number of anilines is 1. The highest BCUT2D eigenvalue weighted by Crippen LogP contribution is 2.35. The second-order valence-electron chi connectivity index (χ2n) is 8.84. The van der Waals surface area contributed by atoms with Gasteiger partial charge in [0.2, 0.25) is 0 Å². The topological polar surface area (TPSA) is 79.3 Å². The number of carbonyl (C=O) groups excluding carboxylic acids is 2. The first-order chi connectivity index (χ1) is 15.1. The Labute approximate surface area is 191 Å². The normalized spacial score (nSPS) is 12.0. The predicted octanol–water partition coefficient (Wildman–Crippen LogP) is 6.08. The molecule has 0 fully saturated rings. The number of aromatic nitrogens is 1. The molecule has 164 valence electrons. The van der Waals surface area contributed by atoms with Crippen LogP contribution in [-0.2, 0) is 5.60 Å². The van der Waals surface area contributed by atoms with Gasteiger partial charge in [-0.25, -0.2) is 4.98 Å². The summed E-state index contributed by atoms with van der Waals surface area (Å²) in [4.78, 5) is 31.0. The molecule has 0 saturated heterocycles. The van der Waals surface area contributed by atoms with Crippen molar-refractivity contribution < 1.29 is 14.7 Å². The van der Waals surface area contributed by atoms with Gasteiger partial charge >= 0.3 is 0 Å². The van der Waals surface area contributed by atoms with Crippen molar-refractivity contribution in [3.05, 3.63) is 70.1 Å². The lowest BCUT2D eigenvalue weighted by atomic mass is 9.94.